The normalized spacial score (nSPS) is 18.2. The van der Waals surface area contributed by atoms with E-state index >= 15 is 0 Å². The van der Waals surface area contributed by atoms with Crippen LogP contribution in [0.2, 0.25) is 0 Å². The number of nitrogens with one attached hydrogen (secondary N) is 1. The van der Waals surface area contributed by atoms with Gasteiger partial charge >= 0.3 is 0 Å². The fourth-order valence-corrected chi connectivity index (χ4v) is 2.27. The third-order valence-corrected chi connectivity index (χ3v) is 3.29. The van der Waals surface area contributed by atoms with Crippen LogP contribution in [0.25, 0.3) is 0 Å². The molecule has 5 nitrogen and oxygen atoms in total. The van der Waals surface area contributed by atoms with Gasteiger partial charge in [0.1, 0.15) is 6.04 Å². The van der Waals surface area contributed by atoms with Crippen LogP contribution in [0.3, 0.4) is 0 Å². The lowest BCUT2D eigenvalue weighted by molar-refractivity contribution is -0.125. The third kappa shape index (κ3) is 2.84. The molecule has 1 amide bonds. The fourth-order valence-electron chi connectivity index (χ4n) is 2.27. The standard InChI is InChI=1S/C12H19N3O2/c1-3-10(12-15-14-8(2)17-12)13-11(16)9-6-4-5-7-9/h9-10H,3-7H2,1-2H3,(H,13,16). The Kier molecular flexibility index (Phi) is 3.76. The van der Waals surface area contributed by atoms with Crippen LogP contribution in [-0.4, -0.2) is 16.1 Å². The molecule has 1 fully saturated rings. The number of aryl methyl sites for hydroxylation is 1. The van der Waals surface area contributed by atoms with E-state index in [1.54, 1.807) is 6.92 Å². The zero-order valence-electron chi connectivity index (χ0n) is 10.4. The molecular formula is C12H19N3O2. The van der Waals surface area contributed by atoms with Gasteiger partial charge in [-0.2, -0.15) is 0 Å². The highest BCUT2D eigenvalue weighted by atomic mass is 16.4. The van der Waals surface area contributed by atoms with Crippen LogP contribution in [0.5, 0.6) is 0 Å². The SMILES string of the molecule is CCC(NC(=O)C1CCCC1)c1nnc(C)o1. The molecule has 1 aliphatic rings. The van der Waals surface area contributed by atoms with E-state index in [9.17, 15) is 4.79 Å². The van der Waals surface area contributed by atoms with E-state index in [-0.39, 0.29) is 17.9 Å². The van der Waals surface area contributed by atoms with Crippen molar-refractivity contribution in [2.45, 2.75) is 52.0 Å². The lowest BCUT2D eigenvalue weighted by Crippen LogP contribution is -2.32. The summed E-state index contributed by atoms with van der Waals surface area (Å²) in [4.78, 5) is 12.0. The zero-order valence-corrected chi connectivity index (χ0v) is 10.4. The first kappa shape index (κ1) is 12.1. The summed E-state index contributed by atoms with van der Waals surface area (Å²) >= 11 is 0. The summed E-state index contributed by atoms with van der Waals surface area (Å²) in [5, 5.41) is 10.8. The zero-order chi connectivity index (χ0) is 12.3. The molecule has 0 radical (unpaired) electrons. The van der Waals surface area contributed by atoms with Crippen LogP contribution >= 0.6 is 0 Å². The van der Waals surface area contributed by atoms with Gasteiger partial charge in [-0.1, -0.05) is 19.8 Å². The Bertz CT molecular complexity index is 383. The third-order valence-electron chi connectivity index (χ3n) is 3.29. The summed E-state index contributed by atoms with van der Waals surface area (Å²) in [5.74, 6) is 1.35. The minimum atomic E-state index is -0.149. The molecule has 0 spiro atoms. The number of rotatable bonds is 4. The molecule has 1 saturated carbocycles. The lowest BCUT2D eigenvalue weighted by Gasteiger charge is -2.16. The summed E-state index contributed by atoms with van der Waals surface area (Å²) in [6.45, 7) is 3.75. The van der Waals surface area contributed by atoms with Gasteiger partial charge < -0.3 is 9.73 Å². The smallest absolute Gasteiger partial charge is 0.238 e. The molecule has 94 valence electrons. The molecule has 1 aromatic rings. The fraction of sp³-hybridized carbons (Fsp3) is 0.750. The molecule has 1 N–H and O–H groups in total. The van der Waals surface area contributed by atoms with Gasteiger partial charge in [0.05, 0.1) is 0 Å². The maximum absolute atomic E-state index is 12.0. The highest BCUT2D eigenvalue weighted by Crippen LogP contribution is 2.26. The van der Waals surface area contributed by atoms with Gasteiger partial charge in [0.15, 0.2) is 0 Å². The van der Waals surface area contributed by atoms with Gasteiger partial charge in [-0.25, -0.2) is 0 Å². The summed E-state index contributed by atoms with van der Waals surface area (Å²) < 4.78 is 5.36. The lowest BCUT2D eigenvalue weighted by atomic mass is 10.1. The number of amides is 1. The second-order valence-corrected chi connectivity index (χ2v) is 4.61. The Morgan fingerprint density at radius 3 is 2.71 bits per heavy atom. The minimum Gasteiger partial charge on any atom is -0.423 e. The molecule has 1 aliphatic carbocycles. The van der Waals surface area contributed by atoms with Crippen LogP contribution < -0.4 is 5.32 Å². The highest BCUT2D eigenvalue weighted by Gasteiger charge is 2.26. The van der Waals surface area contributed by atoms with Gasteiger partial charge in [-0.3, -0.25) is 4.79 Å². The quantitative estimate of drug-likeness (QED) is 0.871. The van der Waals surface area contributed by atoms with E-state index in [0.717, 1.165) is 32.1 Å². The second-order valence-electron chi connectivity index (χ2n) is 4.61. The van der Waals surface area contributed by atoms with Crippen LogP contribution in [0.1, 0.15) is 56.9 Å². The van der Waals surface area contributed by atoms with Crippen molar-refractivity contribution in [2.24, 2.45) is 5.92 Å². The van der Waals surface area contributed by atoms with E-state index in [2.05, 4.69) is 15.5 Å². The first-order valence-electron chi connectivity index (χ1n) is 6.31. The molecule has 1 aromatic heterocycles. The molecule has 17 heavy (non-hydrogen) atoms. The molecule has 0 bridgehead atoms. The van der Waals surface area contributed by atoms with E-state index in [0.29, 0.717) is 11.8 Å². The van der Waals surface area contributed by atoms with Crippen molar-refractivity contribution in [2.75, 3.05) is 0 Å². The van der Waals surface area contributed by atoms with Crippen LogP contribution in [-0.2, 0) is 4.79 Å². The molecule has 1 heterocycles. The minimum absolute atomic E-state index is 0.130. The molecule has 1 atom stereocenters. The number of nitrogens with zero attached hydrogens (tertiary/aromatic N) is 2. The van der Waals surface area contributed by atoms with Gasteiger partial charge in [-0.05, 0) is 19.3 Å². The van der Waals surface area contributed by atoms with Gasteiger partial charge in [-0.15, -0.1) is 10.2 Å². The number of carbonyl (C=O) groups excluding carboxylic acids is 1. The van der Waals surface area contributed by atoms with Crippen LogP contribution in [0.15, 0.2) is 4.42 Å². The van der Waals surface area contributed by atoms with Crippen molar-refractivity contribution in [1.29, 1.82) is 0 Å². The van der Waals surface area contributed by atoms with E-state index in [1.165, 1.54) is 0 Å². The Morgan fingerprint density at radius 2 is 2.18 bits per heavy atom. The van der Waals surface area contributed by atoms with Crippen molar-refractivity contribution in [1.82, 2.24) is 15.5 Å². The Morgan fingerprint density at radius 1 is 1.47 bits per heavy atom. The monoisotopic (exact) mass is 237 g/mol. The summed E-state index contributed by atoms with van der Waals surface area (Å²) in [7, 11) is 0. The number of aromatic nitrogens is 2. The van der Waals surface area contributed by atoms with Gasteiger partial charge in [0.25, 0.3) is 0 Å². The van der Waals surface area contributed by atoms with Crippen LogP contribution in [0.4, 0.5) is 0 Å². The highest BCUT2D eigenvalue weighted by molar-refractivity contribution is 5.79. The van der Waals surface area contributed by atoms with Gasteiger partial charge in [0.2, 0.25) is 17.7 Å². The van der Waals surface area contributed by atoms with Crippen molar-refractivity contribution in [3.05, 3.63) is 11.8 Å². The Labute approximate surface area is 101 Å². The summed E-state index contributed by atoms with van der Waals surface area (Å²) in [6.07, 6.45) is 5.10. The average molecular weight is 237 g/mol. The van der Waals surface area contributed by atoms with Crippen molar-refractivity contribution >= 4 is 5.91 Å². The van der Waals surface area contributed by atoms with Crippen molar-refractivity contribution in [3.63, 3.8) is 0 Å². The summed E-state index contributed by atoms with van der Waals surface area (Å²) in [5.41, 5.74) is 0. The molecule has 1 unspecified atom stereocenters. The predicted molar refractivity (Wildman–Crippen MR) is 62.2 cm³/mol. The van der Waals surface area contributed by atoms with Gasteiger partial charge in [0, 0.05) is 12.8 Å². The largest absolute Gasteiger partial charge is 0.423 e. The van der Waals surface area contributed by atoms with Crippen molar-refractivity contribution in [3.8, 4) is 0 Å². The molecular weight excluding hydrogens is 218 g/mol. The number of carbonyl (C=O) groups is 1. The molecule has 0 aromatic carbocycles. The van der Waals surface area contributed by atoms with Crippen molar-refractivity contribution < 1.29 is 9.21 Å². The number of hydrogen-bond acceptors (Lipinski definition) is 4. The van der Waals surface area contributed by atoms with E-state index in [1.807, 2.05) is 6.92 Å². The maximum atomic E-state index is 12.0. The molecule has 2 rings (SSSR count). The Balaban J connectivity index is 1.97. The Hall–Kier alpha value is -1.39. The first-order valence-corrected chi connectivity index (χ1v) is 6.31. The second kappa shape index (κ2) is 5.29. The average Bonchev–Trinajstić information content (AvgIpc) is 2.96. The van der Waals surface area contributed by atoms with E-state index < -0.39 is 0 Å². The topological polar surface area (TPSA) is 68.0 Å². The molecule has 5 heteroatoms. The molecule has 0 aliphatic heterocycles. The molecule has 0 saturated heterocycles. The first-order chi connectivity index (χ1) is 8.20. The summed E-state index contributed by atoms with van der Waals surface area (Å²) in [6, 6.07) is -0.149. The number of hydrogen-bond donors (Lipinski definition) is 1. The van der Waals surface area contributed by atoms with Crippen LogP contribution in [0, 0.1) is 12.8 Å². The van der Waals surface area contributed by atoms with E-state index in [4.69, 9.17) is 4.42 Å². The predicted octanol–water partition coefficient (Wildman–Crippen LogP) is 2.14. The maximum Gasteiger partial charge on any atom is 0.238 e.